The van der Waals surface area contributed by atoms with Gasteiger partial charge >= 0.3 is 0 Å². The number of anilines is 4. The number of aromatic nitrogens is 3. The molecule has 10 rings (SSSR count). The van der Waals surface area contributed by atoms with Gasteiger partial charge in [-0.2, -0.15) is 0 Å². The fourth-order valence-corrected chi connectivity index (χ4v) is 8.54. The van der Waals surface area contributed by atoms with Crippen LogP contribution in [0.4, 0.5) is 27.1 Å². The highest BCUT2D eigenvalue weighted by Crippen LogP contribution is 2.50. The lowest BCUT2D eigenvalue weighted by molar-refractivity contribution is 0.431. The highest BCUT2D eigenvalue weighted by Gasteiger charge is 2.33. The average Bonchev–Trinajstić information content (AvgIpc) is 4.01. The molecule has 7 nitrogen and oxygen atoms in total. The molecule has 0 fully saturated rings. The van der Waals surface area contributed by atoms with E-state index in [1.165, 1.54) is 17.2 Å². The molecule has 0 atom stereocenters. The van der Waals surface area contributed by atoms with E-state index in [1.54, 1.807) is 12.3 Å². The van der Waals surface area contributed by atoms with Crippen molar-refractivity contribution in [3.8, 4) is 39.8 Å². The molecular formula is C51H42FN5O2. The van der Waals surface area contributed by atoms with Crippen molar-refractivity contribution < 1.29 is 13.7 Å². The molecule has 0 aliphatic carbocycles. The molecule has 0 unspecified atom stereocenters. The van der Waals surface area contributed by atoms with Crippen LogP contribution < -0.4 is 14.5 Å². The Hall–Kier alpha value is -7.19. The van der Waals surface area contributed by atoms with Gasteiger partial charge in [-0.25, -0.2) is 9.37 Å². The zero-order valence-electron chi connectivity index (χ0n) is 33.3. The third-order valence-corrected chi connectivity index (χ3v) is 11.3. The molecule has 1 aliphatic rings. The van der Waals surface area contributed by atoms with Gasteiger partial charge in [-0.3, -0.25) is 4.57 Å². The highest BCUT2D eigenvalue weighted by atomic mass is 19.1. The van der Waals surface area contributed by atoms with Crippen molar-refractivity contribution in [1.82, 2.24) is 14.7 Å². The standard InChI is InChI=1S/C51H42FN5O2/c1-32(2)42-27-34(39-13-5-7-15-44(39)52)28-43(33(3)4)51(42)56-31-55(46-17-9-10-18-47(46)56)36-25-35(49-22-24-54-59-49)26-38(29-36)58-37-20-21-41-40-14-6-8-16-45(40)57(48(41)30-37)50-19-11-12-23-53-50/h5-30,32-33H,31H2,1-4H3. The lowest BCUT2D eigenvalue weighted by Crippen LogP contribution is -2.26. The maximum Gasteiger partial charge on any atom is 0.167 e. The summed E-state index contributed by atoms with van der Waals surface area (Å²) in [5.74, 6) is 2.97. The third-order valence-electron chi connectivity index (χ3n) is 11.3. The van der Waals surface area contributed by atoms with Gasteiger partial charge in [0.15, 0.2) is 5.76 Å². The molecule has 0 spiro atoms. The van der Waals surface area contributed by atoms with Crippen molar-refractivity contribution >= 4 is 44.6 Å². The minimum absolute atomic E-state index is 0.180. The van der Waals surface area contributed by atoms with Crippen LogP contribution in [0.25, 0.3) is 50.1 Å². The predicted octanol–water partition coefficient (Wildman–Crippen LogP) is 13.9. The predicted molar refractivity (Wildman–Crippen MR) is 236 cm³/mol. The van der Waals surface area contributed by atoms with E-state index in [1.807, 2.05) is 54.7 Å². The fraction of sp³-hybridized carbons (Fsp3) is 0.137. The van der Waals surface area contributed by atoms with Crippen molar-refractivity contribution in [2.45, 2.75) is 39.5 Å². The first-order chi connectivity index (χ1) is 28.8. The summed E-state index contributed by atoms with van der Waals surface area (Å²) >= 11 is 0. The molecule has 9 aromatic rings. The number of pyridine rings is 1. The van der Waals surface area contributed by atoms with Gasteiger partial charge in [-0.05, 0) is 101 Å². The molecule has 0 bridgehead atoms. The number of hydrogen-bond donors (Lipinski definition) is 0. The summed E-state index contributed by atoms with van der Waals surface area (Å²) in [6, 6.07) is 48.6. The topological polar surface area (TPSA) is 59.6 Å². The maximum absolute atomic E-state index is 15.2. The summed E-state index contributed by atoms with van der Waals surface area (Å²) in [4.78, 5) is 9.45. The van der Waals surface area contributed by atoms with Crippen molar-refractivity contribution in [2.75, 3.05) is 16.5 Å². The van der Waals surface area contributed by atoms with Crippen LogP contribution >= 0.6 is 0 Å². The zero-order chi connectivity index (χ0) is 40.2. The van der Waals surface area contributed by atoms with Gasteiger partial charge in [0.1, 0.15) is 29.8 Å². The summed E-state index contributed by atoms with van der Waals surface area (Å²) in [7, 11) is 0. The Morgan fingerprint density at radius 1 is 0.610 bits per heavy atom. The molecule has 290 valence electrons. The molecule has 1 aliphatic heterocycles. The lowest BCUT2D eigenvalue weighted by atomic mass is 9.87. The van der Waals surface area contributed by atoms with Crippen LogP contribution in [0.1, 0.15) is 50.7 Å². The van der Waals surface area contributed by atoms with Crippen LogP contribution in [0.5, 0.6) is 11.5 Å². The molecule has 0 amide bonds. The minimum Gasteiger partial charge on any atom is -0.457 e. The van der Waals surface area contributed by atoms with Gasteiger partial charge in [0.2, 0.25) is 0 Å². The van der Waals surface area contributed by atoms with E-state index in [0.29, 0.717) is 29.5 Å². The molecule has 8 heteroatoms. The first-order valence-corrected chi connectivity index (χ1v) is 20.1. The number of hydrogen-bond acceptors (Lipinski definition) is 6. The Bertz CT molecular complexity index is 2960. The normalized spacial score (nSPS) is 12.7. The molecule has 3 aromatic heterocycles. The Kier molecular flexibility index (Phi) is 8.97. The molecule has 59 heavy (non-hydrogen) atoms. The SMILES string of the molecule is CC(C)c1cc(-c2ccccc2F)cc(C(C)C)c1N1CN(c2cc(Oc3ccc4c5ccccc5n(-c5ccccn5)c4c3)cc(-c3ccno3)c2)c2ccccc21. The van der Waals surface area contributed by atoms with E-state index in [2.05, 4.69) is 132 Å². The largest absolute Gasteiger partial charge is 0.457 e. The van der Waals surface area contributed by atoms with E-state index in [9.17, 15) is 0 Å². The molecule has 0 saturated heterocycles. The van der Waals surface area contributed by atoms with E-state index in [0.717, 1.165) is 61.5 Å². The Morgan fingerprint density at radius 2 is 1.32 bits per heavy atom. The van der Waals surface area contributed by atoms with Crippen LogP contribution in [-0.4, -0.2) is 21.4 Å². The van der Waals surface area contributed by atoms with Gasteiger partial charge < -0.3 is 19.1 Å². The molecular weight excluding hydrogens is 734 g/mol. The second-order valence-corrected chi connectivity index (χ2v) is 15.7. The maximum atomic E-state index is 15.2. The second kappa shape index (κ2) is 14.6. The monoisotopic (exact) mass is 775 g/mol. The van der Waals surface area contributed by atoms with E-state index >= 15 is 4.39 Å². The van der Waals surface area contributed by atoms with E-state index < -0.39 is 0 Å². The summed E-state index contributed by atoms with van der Waals surface area (Å²) in [5, 5.41) is 6.30. The van der Waals surface area contributed by atoms with Crippen molar-refractivity contribution in [3.05, 3.63) is 175 Å². The average molecular weight is 776 g/mol. The number of rotatable bonds is 9. The summed E-state index contributed by atoms with van der Waals surface area (Å²) < 4.78 is 30.0. The smallest absolute Gasteiger partial charge is 0.167 e. The van der Waals surface area contributed by atoms with Crippen molar-refractivity contribution in [2.24, 2.45) is 0 Å². The number of benzene rings is 6. The highest BCUT2D eigenvalue weighted by molar-refractivity contribution is 6.09. The van der Waals surface area contributed by atoms with Crippen LogP contribution in [0.2, 0.25) is 0 Å². The summed E-state index contributed by atoms with van der Waals surface area (Å²) in [6.45, 7) is 9.40. The Morgan fingerprint density at radius 3 is 2.05 bits per heavy atom. The summed E-state index contributed by atoms with van der Waals surface area (Å²) in [6.07, 6.45) is 3.48. The van der Waals surface area contributed by atoms with Gasteiger partial charge in [-0.15, -0.1) is 0 Å². The zero-order valence-corrected chi connectivity index (χ0v) is 33.3. The number of nitrogens with zero attached hydrogens (tertiary/aromatic N) is 5. The van der Waals surface area contributed by atoms with Crippen LogP contribution in [0.3, 0.4) is 0 Å². The molecule has 0 saturated carbocycles. The quantitative estimate of drug-likeness (QED) is 0.146. The summed E-state index contributed by atoms with van der Waals surface area (Å²) in [5.41, 5.74) is 11.0. The Balaban J connectivity index is 1.09. The first-order valence-electron chi connectivity index (χ1n) is 20.1. The van der Waals surface area contributed by atoms with Gasteiger partial charge in [0.05, 0.1) is 28.6 Å². The van der Waals surface area contributed by atoms with E-state index in [-0.39, 0.29) is 17.7 Å². The number of ether oxygens (including phenoxy) is 1. The van der Waals surface area contributed by atoms with Crippen LogP contribution in [0.15, 0.2) is 163 Å². The van der Waals surface area contributed by atoms with E-state index in [4.69, 9.17) is 14.2 Å². The van der Waals surface area contributed by atoms with Crippen LogP contribution in [0, 0.1) is 5.82 Å². The fourth-order valence-electron chi connectivity index (χ4n) is 8.54. The molecule has 0 N–H and O–H groups in total. The second-order valence-electron chi connectivity index (χ2n) is 15.7. The van der Waals surface area contributed by atoms with Crippen LogP contribution in [-0.2, 0) is 0 Å². The minimum atomic E-state index is -0.220. The first kappa shape index (κ1) is 36.2. The van der Waals surface area contributed by atoms with Crippen molar-refractivity contribution in [1.29, 1.82) is 0 Å². The molecule has 6 aromatic carbocycles. The molecule has 0 radical (unpaired) electrons. The third kappa shape index (κ3) is 6.37. The van der Waals surface area contributed by atoms with Gasteiger partial charge in [0, 0.05) is 57.7 Å². The number of halogens is 1. The Labute approximate surface area is 342 Å². The number of fused-ring (bicyclic) bond motifs is 4. The lowest BCUT2D eigenvalue weighted by Gasteiger charge is -2.30. The molecule has 4 heterocycles. The number of para-hydroxylation sites is 3. The van der Waals surface area contributed by atoms with Gasteiger partial charge in [-0.1, -0.05) is 87.4 Å². The van der Waals surface area contributed by atoms with Crippen molar-refractivity contribution in [3.63, 3.8) is 0 Å². The van der Waals surface area contributed by atoms with Gasteiger partial charge in [0.25, 0.3) is 0 Å².